The van der Waals surface area contributed by atoms with Crippen LogP contribution in [0, 0.1) is 22.5 Å². The van der Waals surface area contributed by atoms with Gasteiger partial charge < -0.3 is 5.73 Å². The third kappa shape index (κ3) is 3.10. The molecule has 3 N–H and O–H groups in total. The third-order valence-corrected chi connectivity index (χ3v) is 4.02. The van der Waals surface area contributed by atoms with Crippen molar-refractivity contribution in [2.45, 2.75) is 26.3 Å². The lowest BCUT2D eigenvalue weighted by Gasteiger charge is -2.38. The van der Waals surface area contributed by atoms with Gasteiger partial charge in [-0.25, -0.2) is 8.78 Å². The zero-order valence-corrected chi connectivity index (χ0v) is 11.0. The van der Waals surface area contributed by atoms with Crippen LogP contribution in [-0.4, -0.2) is 23.8 Å². The van der Waals surface area contributed by atoms with E-state index in [-0.39, 0.29) is 11.3 Å². The highest BCUT2D eigenvalue weighted by Crippen LogP contribution is 2.31. The molecule has 0 unspecified atom stereocenters. The van der Waals surface area contributed by atoms with Crippen LogP contribution in [0.4, 0.5) is 8.78 Å². The number of nitrogens with one attached hydrogen (secondary N) is 1. The van der Waals surface area contributed by atoms with Gasteiger partial charge in [-0.2, -0.15) is 0 Å². The largest absolute Gasteiger partial charge is 0.387 e. The maximum absolute atomic E-state index is 13.6. The zero-order chi connectivity index (χ0) is 14.0. The zero-order valence-electron chi connectivity index (χ0n) is 11.0. The Bertz CT molecular complexity index is 480. The van der Waals surface area contributed by atoms with Gasteiger partial charge in [0.1, 0.15) is 11.6 Å². The van der Waals surface area contributed by atoms with E-state index in [9.17, 15) is 8.78 Å². The van der Waals surface area contributed by atoms with Gasteiger partial charge in [0.05, 0.1) is 5.84 Å². The number of benzene rings is 1. The molecule has 0 aromatic heterocycles. The summed E-state index contributed by atoms with van der Waals surface area (Å²) in [5.41, 5.74) is 5.87. The Morgan fingerprint density at radius 2 is 2.00 bits per heavy atom. The van der Waals surface area contributed by atoms with Crippen LogP contribution < -0.4 is 5.73 Å². The molecule has 0 aliphatic carbocycles. The van der Waals surface area contributed by atoms with E-state index in [0.717, 1.165) is 32.0 Å². The number of hydrogen-bond donors (Lipinski definition) is 2. The average Bonchev–Trinajstić information content (AvgIpc) is 2.35. The Labute approximate surface area is 111 Å². The van der Waals surface area contributed by atoms with E-state index in [0.29, 0.717) is 12.1 Å². The number of likely N-dealkylation sites (tertiary alicyclic amines) is 1. The van der Waals surface area contributed by atoms with Crippen LogP contribution in [-0.2, 0) is 6.54 Å². The first-order valence-electron chi connectivity index (χ1n) is 6.41. The molecule has 1 aliphatic heterocycles. The van der Waals surface area contributed by atoms with E-state index in [1.54, 1.807) is 0 Å². The second kappa shape index (κ2) is 5.25. The number of halogens is 2. The minimum Gasteiger partial charge on any atom is -0.387 e. The normalized spacial score (nSPS) is 19.3. The van der Waals surface area contributed by atoms with Crippen LogP contribution in [0.2, 0.25) is 0 Å². The van der Waals surface area contributed by atoms with E-state index in [4.69, 9.17) is 11.1 Å². The lowest BCUT2D eigenvalue weighted by Crippen LogP contribution is -2.44. The molecule has 0 bridgehead atoms. The summed E-state index contributed by atoms with van der Waals surface area (Å²) < 4.78 is 26.4. The van der Waals surface area contributed by atoms with Crippen molar-refractivity contribution >= 4 is 5.84 Å². The fraction of sp³-hybridized carbons (Fsp3) is 0.500. The minimum absolute atomic E-state index is 0.222. The molecule has 1 fully saturated rings. The summed E-state index contributed by atoms with van der Waals surface area (Å²) in [6, 6.07) is 3.68. The molecule has 19 heavy (non-hydrogen) atoms. The Morgan fingerprint density at radius 3 is 2.53 bits per heavy atom. The molecule has 1 aliphatic rings. The summed E-state index contributed by atoms with van der Waals surface area (Å²) >= 11 is 0. The van der Waals surface area contributed by atoms with Crippen molar-refractivity contribution in [3.8, 4) is 0 Å². The topological polar surface area (TPSA) is 53.1 Å². The van der Waals surface area contributed by atoms with Gasteiger partial charge >= 0.3 is 0 Å². The molecular formula is C14H19F2N3. The molecule has 2 rings (SSSR count). The Hall–Kier alpha value is -1.49. The van der Waals surface area contributed by atoms with Gasteiger partial charge in [-0.3, -0.25) is 10.3 Å². The van der Waals surface area contributed by atoms with Crippen LogP contribution in [0.15, 0.2) is 18.2 Å². The van der Waals surface area contributed by atoms with E-state index in [1.807, 2.05) is 6.92 Å². The first kappa shape index (κ1) is 13.9. The molecule has 1 heterocycles. The van der Waals surface area contributed by atoms with Crippen molar-refractivity contribution in [2.24, 2.45) is 11.1 Å². The smallest absolute Gasteiger partial charge is 0.130 e. The molecule has 3 nitrogen and oxygen atoms in total. The van der Waals surface area contributed by atoms with Crippen molar-refractivity contribution < 1.29 is 8.78 Å². The van der Waals surface area contributed by atoms with E-state index < -0.39 is 11.6 Å². The molecular weight excluding hydrogens is 248 g/mol. The van der Waals surface area contributed by atoms with Crippen molar-refractivity contribution in [3.63, 3.8) is 0 Å². The highest BCUT2D eigenvalue weighted by molar-refractivity contribution is 5.83. The lowest BCUT2D eigenvalue weighted by atomic mass is 9.79. The Kier molecular flexibility index (Phi) is 3.85. The van der Waals surface area contributed by atoms with Crippen molar-refractivity contribution in [3.05, 3.63) is 35.4 Å². The number of nitrogens with zero attached hydrogens (tertiary/aromatic N) is 1. The van der Waals surface area contributed by atoms with E-state index >= 15 is 0 Å². The van der Waals surface area contributed by atoms with Crippen LogP contribution >= 0.6 is 0 Å². The highest BCUT2D eigenvalue weighted by Gasteiger charge is 2.32. The first-order chi connectivity index (χ1) is 8.90. The van der Waals surface area contributed by atoms with Crippen LogP contribution in [0.5, 0.6) is 0 Å². The van der Waals surface area contributed by atoms with Crippen molar-refractivity contribution in [1.29, 1.82) is 5.41 Å². The summed E-state index contributed by atoms with van der Waals surface area (Å²) in [5.74, 6) is -0.830. The molecule has 0 atom stereocenters. The monoisotopic (exact) mass is 267 g/mol. The second-order valence-electron chi connectivity index (χ2n) is 5.49. The molecule has 1 aromatic carbocycles. The number of hydrogen-bond acceptors (Lipinski definition) is 2. The number of amidine groups is 1. The SMILES string of the molecule is CC1(C(=N)N)CCN(Cc2ccc(F)cc2F)CC1. The van der Waals surface area contributed by atoms with Crippen LogP contribution in [0.3, 0.4) is 0 Å². The third-order valence-electron chi connectivity index (χ3n) is 4.02. The molecule has 1 aromatic rings. The van der Waals surface area contributed by atoms with Crippen LogP contribution in [0.25, 0.3) is 0 Å². The van der Waals surface area contributed by atoms with Crippen molar-refractivity contribution in [2.75, 3.05) is 13.1 Å². The second-order valence-corrected chi connectivity index (χ2v) is 5.49. The number of rotatable bonds is 3. The minimum atomic E-state index is -0.552. The Balaban J connectivity index is 1.98. The van der Waals surface area contributed by atoms with Gasteiger partial charge in [-0.1, -0.05) is 13.0 Å². The molecule has 0 amide bonds. The summed E-state index contributed by atoms with van der Waals surface area (Å²) in [7, 11) is 0. The highest BCUT2D eigenvalue weighted by atomic mass is 19.1. The van der Waals surface area contributed by atoms with E-state index in [2.05, 4.69) is 4.90 Å². The average molecular weight is 267 g/mol. The first-order valence-corrected chi connectivity index (χ1v) is 6.41. The molecule has 0 radical (unpaired) electrons. The predicted molar refractivity (Wildman–Crippen MR) is 70.9 cm³/mol. The van der Waals surface area contributed by atoms with Gasteiger partial charge in [-0.15, -0.1) is 0 Å². The van der Waals surface area contributed by atoms with Crippen molar-refractivity contribution in [1.82, 2.24) is 4.90 Å². The van der Waals surface area contributed by atoms with E-state index in [1.165, 1.54) is 12.1 Å². The van der Waals surface area contributed by atoms with Gasteiger partial charge in [0.25, 0.3) is 0 Å². The molecule has 0 spiro atoms. The maximum atomic E-state index is 13.6. The van der Waals surface area contributed by atoms with Gasteiger partial charge in [-0.05, 0) is 32.0 Å². The van der Waals surface area contributed by atoms with Crippen LogP contribution in [0.1, 0.15) is 25.3 Å². The van der Waals surface area contributed by atoms with Gasteiger partial charge in [0.2, 0.25) is 0 Å². The number of piperidine rings is 1. The molecule has 1 saturated heterocycles. The fourth-order valence-corrected chi connectivity index (χ4v) is 2.36. The standard InChI is InChI=1S/C14H19F2N3/c1-14(13(17)18)4-6-19(7-5-14)9-10-2-3-11(15)8-12(10)16/h2-3,8H,4-7,9H2,1H3,(H3,17,18). The molecule has 5 heteroatoms. The maximum Gasteiger partial charge on any atom is 0.130 e. The predicted octanol–water partition coefficient (Wildman–Crippen LogP) is 2.50. The summed E-state index contributed by atoms with van der Waals surface area (Å²) in [4.78, 5) is 2.11. The van der Waals surface area contributed by atoms with Gasteiger partial charge in [0, 0.05) is 23.6 Å². The van der Waals surface area contributed by atoms with Gasteiger partial charge in [0.15, 0.2) is 0 Å². The Morgan fingerprint density at radius 1 is 1.37 bits per heavy atom. The number of nitrogens with two attached hydrogens (primary N) is 1. The fourth-order valence-electron chi connectivity index (χ4n) is 2.36. The molecule has 0 saturated carbocycles. The summed E-state index contributed by atoms with van der Waals surface area (Å²) in [6.07, 6.45) is 1.59. The summed E-state index contributed by atoms with van der Waals surface area (Å²) in [6.45, 7) is 4.01. The quantitative estimate of drug-likeness (QED) is 0.653. The summed E-state index contributed by atoms with van der Waals surface area (Å²) in [5, 5.41) is 7.59. The molecule has 104 valence electrons. The lowest BCUT2D eigenvalue weighted by molar-refractivity contribution is 0.154.